The number of nitrogens with one attached hydrogen (secondary N) is 1. The topological polar surface area (TPSA) is 93.8 Å². The van der Waals surface area contributed by atoms with Crippen LogP contribution < -0.4 is 5.32 Å². The second-order valence-corrected chi connectivity index (χ2v) is 8.66. The zero-order valence-corrected chi connectivity index (χ0v) is 18.7. The van der Waals surface area contributed by atoms with Gasteiger partial charge in [-0.15, -0.1) is 10.2 Å². The van der Waals surface area contributed by atoms with Crippen LogP contribution in [0.25, 0.3) is 0 Å². The standard InChI is InChI=1S/C20H23N5O2S2/c1-11-6-12(2)18(13(3)7-11)23-16(26)9-29-20-25-24-17(27-20)10-28-19-21-14(4)8-15(5)22-19/h6-8H,9-10H2,1-5H3,(H,23,26). The van der Waals surface area contributed by atoms with Crippen LogP contribution in [0.3, 0.4) is 0 Å². The van der Waals surface area contributed by atoms with Gasteiger partial charge in [-0.25, -0.2) is 9.97 Å². The molecule has 2 aromatic heterocycles. The van der Waals surface area contributed by atoms with Crippen molar-refractivity contribution in [3.63, 3.8) is 0 Å². The highest BCUT2D eigenvalue weighted by molar-refractivity contribution is 7.99. The van der Waals surface area contributed by atoms with Gasteiger partial charge in [0.25, 0.3) is 5.22 Å². The van der Waals surface area contributed by atoms with Gasteiger partial charge in [0, 0.05) is 17.1 Å². The minimum atomic E-state index is -0.109. The Balaban J connectivity index is 1.52. The van der Waals surface area contributed by atoms with Crippen LogP contribution in [-0.4, -0.2) is 31.8 Å². The van der Waals surface area contributed by atoms with Gasteiger partial charge in [-0.05, 0) is 51.8 Å². The van der Waals surface area contributed by atoms with Crippen molar-refractivity contribution < 1.29 is 9.21 Å². The summed E-state index contributed by atoms with van der Waals surface area (Å²) in [5.74, 6) is 1.04. The first-order valence-corrected chi connectivity index (χ1v) is 11.0. The molecule has 0 aliphatic rings. The summed E-state index contributed by atoms with van der Waals surface area (Å²) in [4.78, 5) is 21.1. The smallest absolute Gasteiger partial charge is 0.277 e. The first kappa shape index (κ1) is 21.3. The number of aromatic nitrogens is 4. The fourth-order valence-corrected chi connectivity index (χ4v) is 4.29. The molecule has 0 bridgehead atoms. The predicted molar refractivity (Wildman–Crippen MR) is 115 cm³/mol. The molecule has 0 unspecified atom stereocenters. The van der Waals surface area contributed by atoms with Gasteiger partial charge >= 0.3 is 0 Å². The summed E-state index contributed by atoms with van der Waals surface area (Å²) in [5, 5.41) is 12.1. The third-order valence-electron chi connectivity index (χ3n) is 4.00. The molecule has 0 aliphatic heterocycles. The number of hydrogen-bond donors (Lipinski definition) is 1. The van der Waals surface area contributed by atoms with E-state index in [-0.39, 0.29) is 11.7 Å². The molecular formula is C20H23N5O2S2. The number of thioether (sulfide) groups is 2. The van der Waals surface area contributed by atoms with Crippen molar-refractivity contribution in [3.05, 3.63) is 52.2 Å². The van der Waals surface area contributed by atoms with Crippen LogP contribution >= 0.6 is 23.5 Å². The Hall–Kier alpha value is -2.39. The molecular weight excluding hydrogens is 406 g/mol. The number of hydrogen-bond acceptors (Lipinski definition) is 8. The number of rotatable bonds is 7. The van der Waals surface area contributed by atoms with E-state index in [0.29, 0.717) is 22.0 Å². The molecule has 7 nitrogen and oxygen atoms in total. The Morgan fingerprint density at radius 2 is 1.62 bits per heavy atom. The van der Waals surface area contributed by atoms with Crippen molar-refractivity contribution in [2.75, 3.05) is 11.1 Å². The van der Waals surface area contributed by atoms with Gasteiger partial charge in [0.05, 0.1) is 11.5 Å². The SMILES string of the molecule is Cc1cc(C)c(NC(=O)CSc2nnc(CSc3nc(C)cc(C)n3)o2)c(C)c1. The Labute approximate surface area is 178 Å². The second-order valence-electron chi connectivity index (χ2n) is 6.79. The average Bonchev–Trinajstić information content (AvgIpc) is 3.08. The molecule has 29 heavy (non-hydrogen) atoms. The van der Waals surface area contributed by atoms with E-state index in [1.54, 1.807) is 0 Å². The monoisotopic (exact) mass is 429 g/mol. The lowest BCUT2D eigenvalue weighted by atomic mass is 10.1. The number of anilines is 1. The Morgan fingerprint density at radius 3 is 2.28 bits per heavy atom. The van der Waals surface area contributed by atoms with Gasteiger partial charge in [-0.1, -0.05) is 41.2 Å². The molecule has 3 aromatic rings. The fraction of sp³-hybridized carbons (Fsp3) is 0.350. The van der Waals surface area contributed by atoms with Crippen LogP contribution in [0.2, 0.25) is 0 Å². The van der Waals surface area contributed by atoms with E-state index in [1.807, 2.05) is 40.7 Å². The van der Waals surface area contributed by atoms with Gasteiger partial charge in [-0.3, -0.25) is 4.79 Å². The number of carbonyl (C=O) groups is 1. The highest BCUT2D eigenvalue weighted by Gasteiger charge is 2.13. The minimum Gasteiger partial charge on any atom is -0.415 e. The van der Waals surface area contributed by atoms with Crippen LogP contribution in [0.15, 0.2) is 33.0 Å². The summed E-state index contributed by atoms with van der Waals surface area (Å²) in [6.45, 7) is 9.89. The number of aryl methyl sites for hydroxylation is 5. The lowest BCUT2D eigenvalue weighted by Crippen LogP contribution is -2.15. The first-order chi connectivity index (χ1) is 13.8. The normalized spacial score (nSPS) is 10.9. The van der Waals surface area contributed by atoms with Gasteiger partial charge in [0.15, 0.2) is 5.16 Å². The summed E-state index contributed by atoms with van der Waals surface area (Å²) in [7, 11) is 0. The Kier molecular flexibility index (Phi) is 6.92. The van der Waals surface area contributed by atoms with Crippen molar-refractivity contribution >= 4 is 35.1 Å². The van der Waals surface area contributed by atoms with Crippen molar-refractivity contribution in [1.29, 1.82) is 0 Å². The molecule has 1 amide bonds. The molecule has 0 aliphatic carbocycles. The molecule has 152 valence electrons. The lowest BCUT2D eigenvalue weighted by molar-refractivity contribution is -0.113. The van der Waals surface area contributed by atoms with Crippen LogP contribution in [0, 0.1) is 34.6 Å². The second kappa shape index (κ2) is 9.41. The third-order valence-corrected chi connectivity index (χ3v) is 5.65. The van der Waals surface area contributed by atoms with E-state index < -0.39 is 0 Å². The quantitative estimate of drug-likeness (QED) is 0.436. The zero-order valence-electron chi connectivity index (χ0n) is 17.1. The maximum absolute atomic E-state index is 12.3. The Bertz CT molecular complexity index is 992. The Morgan fingerprint density at radius 1 is 0.966 bits per heavy atom. The van der Waals surface area contributed by atoms with Crippen molar-refractivity contribution in [1.82, 2.24) is 20.2 Å². The number of nitrogens with zero attached hydrogens (tertiary/aromatic N) is 4. The maximum atomic E-state index is 12.3. The van der Waals surface area contributed by atoms with E-state index >= 15 is 0 Å². The zero-order chi connectivity index (χ0) is 21.0. The average molecular weight is 430 g/mol. The van der Waals surface area contributed by atoms with Crippen LogP contribution in [0.4, 0.5) is 5.69 Å². The molecule has 0 fully saturated rings. The summed E-state index contributed by atoms with van der Waals surface area (Å²) < 4.78 is 5.61. The molecule has 0 saturated heterocycles. The molecule has 1 aromatic carbocycles. The summed E-state index contributed by atoms with van der Waals surface area (Å²) in [6, 6.07) is 6.03. The number of carbonyl (C=O) groups excluding carboxylic acids is 1. The lowest BCUT2D eigenvalue weighted by Gasteiger charge is -2.12. The minimum absolute atomic E-state index is 0.109. The van der Waals surface area contributed by atoms with Crippen LogP contribution in [0.5, 0.6) is 0 Å². The van der Waals surface area contributed by atoms with Gasteiger partial charge < -0.3 is 9.73 Å². The third kappa shape index (κ3) is 6.04. The fourth-order valence-electron chi connectivity index (χ4n) is 2.92. The molecule has 0 saturated carbocycles. The summed E-state index contributed by atoms with van der Waals surface area (Å²) in [5.41, 5.74) is 5.98. The summed E-state index contributed by atoms with van der Waals surface area (Å²) >= 11 is 2.66. The van der Waals surface area contributed by atoms with Gasteiger partial charge in [-0.2, -0.15) is 0 Å². The molecule has 9 heteroatoms. The molecule has 3 rings (SSSR count). The number of benzene rings is 1. The summed E-state index contributed by atoms with van der Waals surface area (Å²) in [6.07, 6.45) is 0. The molecule has 0 spiro atoms. The van der Waals surface area contributed by atoms with Crippen LogP contribution in [-0.2, 0) is 10.5 Å². The van der Waals surface area contributed by atoms with Gasteiger partial charge in [0.1, 0.15) is 0 Å². The van der Waals surface area contributed by atoms with Crippen molar-refractivity contribution in [2.45, 2.75) is 50.8 Å². The van der Waals surface area contributed by atoms with Crippen molar-refractivity contribution in [2.24, 2.45) is 0 Å². The predicted octanol–water partition coefficient (Wildman–Crippen LogP) is 4.42. The van der Waals surface area contributed by atoms with E-state index in [4.69, 9.17) is 4.42 Å². The largest absolute Gasteiger partial charge is 0.415 e. The van der Waals surface area contributed by atoms with E-state index in [9.17, 15) is 4.79 Å². The van der Waals surface area contributed by atoms with E-state index in [2.05, 4.69) is 37.6 Å². The molecule has 2 heterocycles. The van der Waals surface area contributed by atoms with E-state index in [1.165, 1.54) is 29.1 Å². The van der Waals surface area contributed by atoms with E-state index in [0.717, 1.165) is 28.2 Å². The van der Waals surface area contributed by atoms with Crippen molar-refractivity contribution in [3.8, 4) is 0 Å². The van der Waals surface area contributed by atoms with Crippen LogP contribution in [0.1, 0.15) is 34.0 Å². The molecule has 0 radical (unpaired) electrons. The maximum Gasteiger partial charge on any atom is 0.277 e. The first-order valence-electron chi connectivity index (χ1n) is 9.08. The number of amides is 1. The highest BCUT2D eigenvalue weighted by Crippen LogP contribution is 2.24. The molecule has 1 N–H and O–H groups in total. The highest BCUT2D eigenvalue weighted by atomic mass is 32.2. The van der Waals surface area contributed by atoms with Gasteiger partial charge in [0.2, 0.25) is 11.8 Å². The molecule has 0 atom stereocenters.